The Kier molecular flexibility index (Phi) is 48.1. The minimum Gasteiger partial charge on any atom is -0.466 e. The van der Waals surface area contributed by atoms with E-state index in [-0.39, 0.29) is 18.5 Å². The number of carbonyl (C=O) groups excluding carboxylic acids is 2. The monoisotopic (exact) mass is 834 g/mol. The van der Waals surface area contributed by atoms with Gasteiger partial charge in [-0.15, -0.1) is 0 Å². The number of carbonyl (C=O) groups is 2. The topological polar surface area (TPSA) is 95.9 Å². The molecule has 0 radical (unpaired) electrons. The van der Waals surface area contributed by atoms with Crippen LogP contribution in [0.1, 0.15) is 290 Å². The van der Waals surface area contributed by atoms with Crippen LogP contribution in [-0.2, 0) is 14.3 Å². The smallest absolute Gasteiger partial charge is 0.305 e. The van der Waals surface area contributed by atoms with Crippen molar-refractivity contribution in [2.75, 3.05) is 13.2 Å². The lowest BCUT2D eigenvalue weighted by Gasteiger charge is -2.22. The number of rotatable bonds is 49. The number of aliphatic hydroxyl groups is 2. The Balaban J connectivity index is 3.47. The zero-order valence-corrected chi connectivity index (χ0v) is 39.7. The second-order valence-electron chi connectivity index (χ2n) is 18.2. The fraction of sp³-hybridized carbons (Fsp3) is 0.925. The standard InChI is InChI=1S/C53H103NO5/c1-3-5-7-9-11-13-15-17-19-22-25-29-33-37-41-45-51(56)50(49-55)54-52(57)46-42-38-34-30-26-23-20-18-21-24-28-32-36-40-44-48-59-53(58)47-43-39-35-31-27-16-14-12-10-8-6-4-2/h21,24,50-51,55-56H,3-20,22-23,25-49H2,1-2H3,(H,54,57)/b24-21-. The lowest BCUT2D eigenvalue weighted by molar-refractivity contribution is -0.143. The van der Waals surface area contributed by atoms with Crippen molar-refractivity contribution < 1.29 is 24.5 Å². The highest BCUT2D eigenvalue weighted by Gasteiger charge is 2.20. The van der Waals surface area contributed by atoms with Crippen molar-refractivity contribution in [3.8, 4) is 0 Å². The van der Waals surface area contributed by atoms with Crippen LogP contribution in [-0.4, -0.2) is 47.4 Å². The van der Waals surface area contributed by atoms with Gasteiger partial charge in [0, 0.05) is 12.8 Å². The van der Waals surface area contributed by atoms with Crippen LogP contribution in [0.15, 0.2) is 12.2 Å². The van der Waals surface area contributed by atoms with E-state index in [0.29, 0.717) is 25.9 Å². The van der Waals surface area contributed by atoms with Crippen molar-refractivity contribution in [2.24, 2.45) is 0 Å². The molecule has 6 nitrogen and oxygen atoms in total. The van der Waals surface area contributed by atoms with Crippen molar-refractivity contribution in [3.05, 3.63) is 12.2 Å². The number of hydrogen-bond acceptors (Lipinski definition) is 5. The zero-order chi connectivity index (χ0) is 43.0. The average molecular weight is 834 g/mol. The molecule has 6 heteroatoms. The van der Waals surface area contributed by atoms with E-state index in [0.717, 1.165) is 70.6 Å². The summed E-state index contributed by atoms with van der Waals surface area (Å²) in [6.45, 7) is 4.92. The maximum absolute atomic E-state index is 12.4. The van der Waals surface area contributed by atoms with Gasteiger partial charge in [-0.1, -0.05) is 238 Å². The van der Waals surface area contributed by atoms with Crippen molar-refractivity contribution in [1.82, 2.24) is 5.32 Å². The van der Waals surface area contributed by atoms with Gasteiger partial charge in [-0.3, -0.25) is 9.59 Å². The Hall–Kier alpha value is -1.40. The molecule has 0 rings (SSSR count). The second-order valence-corrected chi connectivity index (χ2v) is 18.2. The maximum Gasteiger partial charge on any atom is 0.305 e. The Morgan fingerprint density at radius 1 is 0.458 bits per heavy atom. The molecule has 0 aliphatic heterocycles. The normalized spacial score (nSPS) is 12.7. The van der Waals surface area contributed by atoms with Gasteiger partial charge in [0.1, 0.15) is 0 Å². The predicted molar refractivity (Wildman–Crippen MR) is 255 cm³/mol. The number of esters is 1. The van der Waals surface area contributed by atoms with Gasteiger partial charge in [0.25, 0.3) is 0 Å². The van der Waals surface area contributed by atoms with E-state index in [2.05, 4.69) is 31.3 Å². The number of unbranched alkanes of at least 4 members (excludes halogenated alkanes) is 36. The van der Waals surface area contributed by atoms with Crippen LogP contribution in [0.5, 0.6) is 0 Å². The van der Waals surface area contributed by atoms with E-state index in [4.69, 9.17) is 4.74 Å². The Morgan fingerprint density at radius 3 is 1.20 bits per heavy atom. The van der Waals surface area contributed by atoms with Gasteiger partial charge in [-0.2, -0.15) is 0 Å². The Morgan fingerprint density at radius 2 is 0.797 bits per heavy atom. The molecule has 0 saturated carbocycles. The molecular formula is C53H103NO5. The van der Waals surface area contributed by atoms with Gasteiger partial charge in [0.05, 0.1) is 25.4 Å². The van der Waals surface area contributed by atoms with Crippen LogP contribution in [0.25, 0.3) is 0 Å². The summed E-state index contributed by atoms with van der Waals surface area (Å²) in [6, 6.07) is -0.551. The van der Waals surface area contributed by atoms with Gasteiger partial charge < -0.3 is 20.3 Å². The lowest BCUT2D eigenvalue weighted by Crippen LogP contribution is -2.45. The Bertz CT molecular complexity index is 878. The number of amides is 1. The summed E-state index contributed by atoms with van der Waals surface area (Å²) >= 11 is 0. The van der Waals surface area contributed by atoms with E-state index >= 15 is 0 Å². The van der Waals surface area contributed by atoms with E-state index in [1.807, 2.05) is 0 Å². The first kappa shape index (κ1) is 57.6. The number of aliphatic hydroxyl groups excluding tert-OH is 2. The van der Waals surface area contributed by atoms with Gasteiger partial charge in [-0.25, -0.2) is 0 Å². The van der Waals surface area contributed by atoms with Gasteiger partial charge in [0.2, 0.25) is 5.91 Å². The highest BCUT2D eigenvalue weighted by molar-refractivity contribution is 5.76. The molecule has 59 heavy (non-hydrogen) atoms. The molecule has 0 aliphatic carbocycles. The third kappa shape index (κ3) is 45.9. The summed E-state index contributed by atoms with van der Waals surface area (Å²) in [7, 11) is 0. The molecule has 0 aliphatic rings. The molecule has 0 aromatic rings. The molecule has 0 heterocycles. The maximum atomic E-state index is 12.4. The summed E-state index contributed by atoms with van der Waals surface area (Å²) < 4.78 is 5.44. The molecule has 0 fully saturated rings. The number of allylic oxidation sites excluding steroid dienone is 2. The van der Waals surface area contributed by atoms with Crippen LogP contribution in [0, 0.1) is 0 Å². The molecule has 0 aromatic carbocycles. The summed E-state index contributed by atoms with van der Waals surface area (Å²) in [4.78, 5) is 24.4. The number of nitrogens with one attached hydrogen (secondary N) is 1. The SMILES string of the molecule is CCCCCCCCCCCCCCCCCC(O)C(CO)NC(=O)CCCCCCCCC/C=C\CCCCCCOC(=O)CCCCCCCCCCCCCC. The molecule has 2 unspecified atom stereocenters. The number of hydrogen-bond donors (Lipinski definition) is 3. The highest BCUT2D eigenvalue weighted by atomic mass is 16.5. The van der Waals surface area contributed by atoms with Crippen LogP contribution < -0.4 is 5.32 Å². The van der Waals surface area contributed by atoms with E-state index in [1.54, 1.807) is 0 Å². The molecule has 0 saturated heterocycles. The minimum absolute atomic E-state index is 0.00911. The second kappa shape index (κ2) is 49.3. The summed E-state index contributed by atoms with van der Waals surface area (Å²) in [5, 5.41) is 23.2. The molecular weight excluding hydrogens is 731 g/mol. The van der Waals surface area contributed by atoms with Crippen molar-refractivity contribution in [2.45, 2.75) is 302 Å². The van der Waals surface area contributed by atoms with Gasteiger partial charge in [0.15, 0.2) is 0 Å². The Labute approximate surface area is 368 Å². The van der Waals surface area contributed by atoms with E-state index in [9.17, 15) is 19.8 Å². The molecule has 350 valence electrons. The largest absolute Gasteiger partial charge is 0.466 e. The van der Waals surface area contributed by atoms with Crippen molar-refractivity contribution in [1.29, 1.82) is 0 Å². The third-order valence-corrected chi connectivity index (χ3v) is 12.3. The average Bonchev–Trinajstić information content (AvgIpc) is 3.24. The first-order valence-corrected chi connectivity index (χ1v) is 26.4. The summed E-state index contributed by atoms with van der Waals surface area (Å²) in [5.41, 5.74) is 0. The van der Waals surface area contributed by atoms with Gasteiger partial charge >= 0.3 is 5.97 Å². The molecule has 0 bridgehead atoms. The first-order chi connectivity index (χ1) is 29.0. The van der Waals surface area contributed by atoms with Crippen molar-refractivity contribution in [3.63, 3.8) is 0 Å². The summed E-state index contributed by atoms with van der Waals surface area (Å²) in [5.74, 6) is -0.0579. The minimum atomic E-state index is -0.673. The fourth-order valence-corrected chi connectivity index (χ4v) is 8.22. The first-order valence-electron chi connectivity index (χ1n) is 26.4. The number of ether oxygens (including phenoxy) is 1. The van der Waals surface area contributed by atoms with Crippen LogP contribution in [0.4, 0.5) is 0 Å². The molecule has 0 spiro atoms. The highest BCUT2D eigenvalue weighted by Crippen LogP contribution is 2.17. The fourth-order valence-electron chi connectivity index (χ4n) is 8.22. The molecule has 2 atom stereocenters. The molecule has 0 aromatic heterocycles. The van der Waals surface area contributed by atoms with Crippen LogP contribution in [0.3, 0.4) is 0 Å². The van der Waals surface area contributed by atoms with Crippen LogP contribution >= 0.6 is 0 Å². The van der Waals surface area contributed by atoms with E-state index < -0.39 is 12.1 Å². The van der Waals surface area contributed by atoms with Gasteiger partial charge in [-0.05, 0) is 51.4 Å². The predicted octanol–water partition coefficient (Wildman–Crippen LogP) is 15.7. The lowest BCUT2D eigenvalue weighted by atomic mass is 10.0. The zero-order valence-electron chi connectivity index (χ0n) is 39.7. The quantitative estimate of drug-likeness (QED) is 0.0322. The summed E-state index contributed by atoms with van der Waals surface area (Å²) in [6.07, 6.45) is 56.1. The van der Waals surface area contributed by atoms with Crippen molar-refractivity contribution >= 4 is 11.9 Å². The third-order valence-electron chi connectivity index (χ3n) is 12.3. The molecule has 3 N–H and O–H groups in total. The molecule has 1 amide bonds. The van der Waals surface area contributed by atoms with Crippen LogP contribution in [0.2, 0.25) is 0 Å². The van der Waals surface area contributed by atoms with E-state index in [1.165, 1.54) is 186 Å².